The molecule has 0 aliphatic carbocycles. The number of nitrogens with two attached hydrogens (primary N) is 1. The van der Waals surface area contributed by atoms with Crippen molar-refractivity contribution in [3.63, 3.8) is 0 Å². The summed E-state index contributed by atoms with van der Waals surface area (Å²) in [5.74, 6) is 1.04. The van der Waals surface area contributed by atoms with Crippen LogP contribution >= 0.6 is 0 Å². The van der Waals surface area contributed by atoms with Gasteiger partial charge in [-0.3, -0.25) is 0 Å². The molecule has 1 aliphatic heterocycles. The van der Waals surface area contributed by atoms with E-state index >= 15 is 0 Å². The minimum atomic E-state index is -0.469. The number of aromatic nitrogens is 2. The Labute approximate surface area is 100 Å². The highest BCUT2D eigenvalue weighted by Crippen LogP contribution is 2.34. The molecule has 2 N–H and O–H groups in total. The van der Waals surface area contributed by atoms with Crippen molar-refractivity contribution in [1.29, 1.82) is 0 Å². The molecule has 0 bridgehead atoms. The number of nitrogens with zero attached hydrogens (tertiary/aromatic N) is 2. The molecule has 2 rings (SSSR count). The van der Waals surface area contributed by atoms with Crippen molar-refractivity contribution in [3.8, 4) is 0 Å². The van der Waals surface area contributed by atoms with Crippen LogP contribution in [0.3, 0.4) is 0 Å². The van der Waals surface area contributed by atoms with Crippen molar-refractivity contribution < 1.29 is 14.0 Å². The number of rotatable bonds is 4. The summed E-state index contributed by atoms with van der Waals surface area (Å²) in [6, 6.07) is -0.255. The Kier molecular flexibility index (Phi) is 3.76. The summed E-state index contributed by atoms with van der Waals surface area (Å²) in [6.07, 6.45) is 1.50. The van der Waals surface area contributed by atoms with Gasteiger partial charge in [-0.25, -0.2) is 0 Å². The Morgan fingerprint density at radius 2 is 2.18 bits per heavy atom. The largest absolute Gasteiger partial charge is 0.381 e. The molecule has 1 atom stereocenters. The molecule has 0 radical (unpaired) electrons. The number of hydrogen-bond donors (Lipinski definition) is 1. The molecule has 6 nitrogen and oxygen atoms in total. The summed E-state index contributed by atoms with van der Waals surface area (Å²) < 4.78 is 16.3. The summed E-state index contributed by atoms with van der Waals surface area (Å²) in [5, 5.41) is 4.01. The molecule has 6 heteroatoms. The van der Waals surface area contributed by atoms with Crippen LogP contribution < -0.4 is 5.73 Å². The van der Waals surface area contributed by atoms with Crippen LogP contribution in [0.4, 0.5) is 0 Å². The molecule has 1 aromatic rings. The number of ether oxygens (including phenoxy) is 2. The molecule has 1 aromatic heterocycles. The Bertz CT molecular complexity index is 353. The highest BCUT2D eigenvalue weighted by Gasteiger charge is 2.40. The zero-order valence-corrected chi connectivity index (χ0v) is 10.3. The van der Waals surface area contributed by atoms with Gasteiger partial charge in [-0.05, 0) is 13.8 Å². The molecule has 0 amide bonds. The van der Waals surface area contributed by atoms with E-state index < -0.39 is 5.60 Å². The Morgan fingerprint density at radius 1 is 1.47 bits per heavy atom. The van der Waals surface area contributed by atoms with Gasteiger partial charge < -0.3 is 19.7 Å². The maximum absolute atomic E-state index is 5.84. The van der Waals surface area contributed by atoms with E-state index in [1.807, 2.05) is 13.8 Å². The first kappa shape index (κ1) is 12.5. The Hall–Kier alpha value is -0.980. The second-order valence-corrected chi connectivity index (χ2v) is 4.28. The molecular weight excluding hydrogens is 222 g/mol. The van der Waals surface area contributed by atoms with Gasteiger partial charge in [0, 0.05) is 32.7 Å². The smallest absolute Gasteiger partial charge is 0.243 e. The van der Waals surface area contributed by atoms with Gasteiger partial charge in [-0.15, -0.1) is 0 Å². The number of hydrogen-bond acceptors (Lipinski definition) is 6. The maximum Gasteiger partial charge on any atom is 0.243 e. The van der Waals surface area contributed by atoms with Crippen molar-refractivity contribution in [3.05, 3.63) is 11.7 Å². The third-order valence-corrected chi connectivity index (χ3v) is 2.96. The van der Waals surface area contributed by atoms with Crippen LogP contribution in [0.1, 0.15) is 44.4 Å². The Morgan fingerprint density at radius 3 is 2.71 bits per heavy atom. The second kappa shape index (κ2) is 5.12. The lowest BCUT2D eigenvalue weighted by Crippen LogP contribution is -2.37. The quantitative estimate of drug-likeness (QED) is 0.850. The van der Waals surface area contributed by atoms with Crippen LogP contribution in [-0.2, 0) is 15.1 Å². The predicted molar refractivity (Wildman–Crippen MR) is 60.3 cm³/mol. The molecule has 0 aromatic carbocycles. The summed E-state index contributed by atoms with van der Waals surface area (Å²) in [6.45, 7) is 5.70. The van der Waals surface area contributed by atoms with E-state index in [0.717, 1.165) is 12.8 Å². The summed E-state index contributed by atoms with van der Waals surface area (Å²) in [7, 11) is 0. The third-order valence-electron chi connectivity index (χ3n) is 2.96. The van der Waals surface area contributed by atoms with Crippen LogP contribution in [-0.4, -0.2) is 30.0 Å². The molecule has 1 fully saturated rings. The van der Waals surface area contributed by atoms with E-state index in [2.05, 4.69) is 10.1 Å². The minimum Gasteiger partial charge on any atom is -0.381 e. The average molecular weight is 241 g/mol. The van der Waals surface area contributed by atoms with E-state index in [4.69, 9.17) is 19.7 Å². The summed E-state index contributed by atoms with van der Waals surface area (Å²) >= 11 is 0. The van der Waals surface area contributed by atoms with Gasteiger partial charge in [0.1, 0.15) is 5.60 Å². The topological polar surface area (TPSA) is 83.4 Å². The van der Waals surface area contributed by atoms with E-state index in [-0.39, 0.29) is 6.04 Å². The fourth-order valence-corrected chi connectivity index (χ4v) is 2.02. The van der Waals surface area contributed by atoms with Gasteiger partial charge in [-0.2, -0.15) is 4.98 Å². The molecule has 96 valence electrons. The predicted octanol–water partition coefficient (Wildman–Crippen LogP) is 1.13. The fraction of sp³-hybridized carbons (Fsp3) is 0.818. The van der Waals surface area contributed by atoms with Crippen molar-refractivity contribution in [2.75, 3.05) is 19.8 Å². The lowest BCUT2D eigenvalue weighted by Gasteiger charge is -2.33. The normalized spacial score (nSPS) is 21.4. The van der Waals surface area contributed by atoms with E-state index in [1.54, 1.807) is 0 Å². The Balaban J connectivity index is 2.24. The van der Waals surface area contributed by atoms with E-state index in [1.165, 1.54) is 0 Å². The lowest BCUT2D eigenvalue weighted by molar-refractivity contribution is -0.118. The van der Waals surface area contributed by atoms with Crippen LogP contribution in [0.25, 0.3) is 0 Å². The SMILES string of the molecule is CCOC1(c2noc([C@@H](C)N)n2)CCOCC1. The van der Waals surface area contributed by atoms with Crippen LogP contribution in [0, 0.1) is 0 Å². The standard InChI is InChI=1S/C11H19N3O3/c1-3-16-11(4-6-15-7-5-11)10-13-9(8(2)12)17-14-10/h8H,3-7,12H2,1-2H3/t8-/m1/s1. The van der Waals surface area contributed by atoms with Crippen molar-refractivity contribution in [2.24, 2.45) is 5.73 Å². The fourth-order valence-electron chi connectivity index (χ4n) is 2.02. The van der Waals surface area contributed by atoms with Gasteiger partial charge in [0.05, 0.1) is 6.04 Å². The summed E-state index contributed by atoms with van der Waals surface area (Å²) in [4.78, 5) is 4.34. The van der Waals surface area contributed by atoms with E-state index in [0.29, 0.717) is 31.5 Å². The monoisotopic (exact) mass is 241 g/mol. The maximum atomic E-state index is 5.84. The van der Waals surface area contributed by atoms with Gasteiger partial charge in [-0.1, -0.05) is 5.16 Å². The minimum absolute atomic E-state index is 0.255. The highest BCUT2D eigenvalue weighted by molar-refractivity contribution is 5.04. The van der Waals surface area contributed by atoms with Crippen LogP contribution in [0.15, 0.2) is 4.52 Å². The molecule has 0 saturated carbocycles. The van der Waals surface area contributed by atoms with Crippen molar-refractivity contribution in [1.82, 2.24) is 10.1 Å². The van der Waals surface area contributed by atoms with E-state index in [9.17, 15) is 0 Å². The zero-order chi connectivity index (χ0) is 12.3. The molecule has 2 heterocycles. The molecule has 1 saturated heterocycles. The van der Waals surface area contributed by atoms with Gasteiger partial charge in [0.2, 0.25) is 11.7 Å². The van der Waals surface area contributed by atoms with Crippen LogP contribution in [0.2, 0.25) is 0 Å². The van der Waals surface area contributed by atoms with Crippen molar-refractivity contribution in [2.45, 2.75) is 38.3 Å². The van der Waals surface area contributed by atoms with Crippen molar-refractivity contribution >= 4 is 0 Å². The third kappa shape index (κ3) is 2.48. The first-order chi connectivity index (χ1) is 8.18. The second-order valence-electron chi connectivity index (χ2n) is 4.28. The lowest BCUT2D eigenvalue weighted by atomic mass is 9.93. The summed E-state index contributed by atoms with van der Waals surface area (Å²) in [5.41, 5.74) is 5.24. The first-order valence-electron chi connectivity index (χ1n) is 5.99. The van der Waals surface area contributed by atoms with Gasteiger partial charge in [0.25, 0.3) is 0 Å². The van der Waals surface area contributed by atoms with Crippen LogP contribution in [0.5, 0.6) is 0 Å². The average Bonchev–Trinajstić information content (AvgIpc) is 2.80. The van der Waals surface area contributed by atoms with Gasteiger partial charge in [0.15, 0.2) is 0 Å². The first-order valence-corrected chi connectivity index (χ1v) is 5.99. The molecular formula is C11H19N3O3. The molecule has 1 aliphatic rings. The highest BCUT2D eigenvalue weighted by atomic mass is 16.5. The molecule has 17 heavy (non-hydrogen) atoms. The molecule has 0 unspecified atom stereocenters. The molecule has 0 spiro atoms. The van der Waals surface area contributed by atoms with Gasteiger partial charge >= 0.3 is 0 Å². The zero-order valence-electron chi connectivity index (χ0n) is 10.3.